The molecule has 1 aromatic heterocycles. The minimum atomic E-state index is 0.106. The van der Waals surface area contributed by atoms with Gasteiger partial charge in [0, 0.05) is 36.4 Å². The molecule has 7 nitrogen and oxygen atoms in total. The van der Waals surface area contributed by atoms with Gasteiger partial charge in [0.1, 0.15) is 5.82 Å². The molecular weight excluding hydrogens is 328 g/mol. The number of carbonyl (C=O) groups is 1. The van der Waals surface area contributed by atoms with Gasteiger partial charge in [-0.25, -0.2) is 4.68 Å². The zero-order valence-electron chi connectivity index (χ0n) is 13.9. The molecule has 1 aromatic carbocycles. The van der Waals surface area contributed by atoms with E-state index in [0.29, 0.717) is 18.1 Å². The summed E-state index contributed by atoms with van der Waals surface area (Å²) < 4.78 is 1.79. The van der Waals surface area contributed by atoms with Gasteiger partial charge < -0.3 is 4.90 Å². The van der Waals surface area contributed by atoms with Crippen molar-refractivity contribution >= 4 is 23.2 Å². The smallest absolute Gasteiger partial charge is 0.241 e. The molecule has 0 N–H and O–H groups in total. The van der Waals surface area contributed by atoms with E-state index in [-0.39, 0.29) is 11.9 Å². The monoisotopic (exact) mass is 348 g/mol. The van der Waals surface area contributed by atoms with E-state index in [2.05, 4.69) is 27.3 Å². The summed E-state index contributed by atoms with van der Waals surface area (Å²) in [4.78, 5) is 16.5. The van der Waals surface area contributed by atoms with E-state index in [1.807, 2.05) is 36.1 Å². The summed E-state index contributed by atoms with van der Waals surface area (Å²) in [5, 5.41) is 12.1. The maximum atomic E-state index is 12.5. The number of anilines is 1. The van der Waals surface area contributed by atoms with Crippen LogP contribution < -0.4 is 4.90 Å². The first-order valence-electron chi connectivity index (χ1n) is 8.07. The number of hydrogen-bond acceptors (Lipinski definition) is 5. The van der Waals surface area contributed by atoms with Crippen LogP contribution in [0.25, 0.3) is 0 Å². The van der Waals surface area contributed by atoms with Crippen molar-refractivity contribution in [1.29, 1.82) is 0 Å². The predicted octanol–water partition coefficient (Wildman–Crippen LogP) is 1.76. The zero-order chi connectivity index (χ0) is 17.1. The number of tetrazole rings is 1. The Morgan fingerprint density at radius 1 is 1.33 bits per heavy atom. The van der Waals surface area contributed by atoms with E-state index in [0.717, 1.165) is 31.0 Å². The van der Waals surface area contributed by atoms with Crippen molar-refractivity contribution in [2.24, 2.45) is 0 Å². The van der Waals surface area contributed by atoms with E-state index in [1.54, 1.807) is 4.68 Å². The maximum absolute atomic E-state index is 12.5. The molecule has 128 valence electrons. The zero-order valence-corrected chi connectivity index (χ0v) is 14.6. The van der Waals surface area contributed by atoms with Crippen molar-refractivity contribution < 1.29 is 4.79 Å². The molecule has 0 aliphatic carbocycles. The highest BCUT2D eigenvalue weighted by molar-refractivity contribution is 6.30. The lowest BCUT2D eigenvalue weighted by Gasteiger charge is -2.39. The lowest BCUT2D eigenvalue weighted by atomic mass is 10.1. The fourth-order valence-corrected chi connectivity index (χ4v) is 3.15. The Balaban J connectivity index is 1.57. The fraction of sp³-hybridized carbons (Fsp3) is 0.500. The molecule has 1 amide bonds. The molecule has 0 unspecified atom stereocenters. The molecule has 1 fully saturated rings. The van der Waals surface area contributed by atoms with Crippen LogP contribution in [0.2, 0.25) is 5.02 Å². The van der Waals surface area contributed by atoms with Crippen molar-refractivity contribution in [2.45, 2.75) is 32.9 Å². The molecule has 8 heteroatoms. The van der Waals surface area contributed by atoms with Crippen LogP contribution in [-0.4, -0.2) is 56.7 Å². The average Bonchev–Trinajstić information content (AvgIpc) is 2.95. The molecule has 0 spiro atoms. The third-order valence-corrected chi connectivity index (χ3v) is 4.59. The Labute approximate surface area is 146 Å². The molecule has 0 radical (unpaired) electrons. The highest BCUT2D eigenvalue weighted by atomic mass is 35.5. The second-order valence-corrected chi connectivity index (χ2v) is 6.54. The number of rotatable bonds is 5. The molecule has 1 aliphatic heterocycles. The van der Waals surface area contributed by atoms with Gasteiger partial charge in [-0.2, -0.15) is 0 Å². The van der Waals surface area contributed by atoms with Crippen LogP contribution in [0.4, 0.5) is 5.69 Å². The summed E-state index contributed by atoms with van der Waals surface area (Å²) in [5.41, 5.74) is 0.864. The third-order valence-electron chi connectivity index (χ3n) is 4.36. The SMILES string of the molecule is Cc1nnnn1CCCN1CC(=O)N(c2cccc(Cl)c2)C[C@@H]1C. The Hall–Kier alpha value is -1.99. The fourth-order valence-electron chi connectivity index (χ4n) is 2.97. The van der Waals surface area contributed by atoms with Crippen molar-refractivity contribution in [3.63, 3.8) is 0 Å². The second-order valence-electron chi connectivity index (χ2n) is 6.11. The predicted molar refractivity (Wildman–Crippen MR) is 92.0 cm³/mol. The molecule has 1 saturated heterocycles. The summed E-state index contributed by atoms with van der Waals surface area (Å²) in [6, 6.07) is 7.73. The van der Waals surface area contributed by atoms with Gasteiger partial charge in [0.2, 0.25) is 5.91 Å². The van der Waals surface area contributed by atoms with Gasteiger partial charge >= 0.3 is 0 Å². The van der Waals surface area contributed by atoms with Gasteiger partial charge in [-0.05, 0) is 48.9 Å². The van der Waals surface area contributed by atoms with Gasteiger partial charge in [-0.1, -0.05) is 17.7 Å². The van der Waals surface area contributed by atoms with Gasteiger partial charge in [0.25, 0.3) is 0 Å². The number of piperazine rings is 1. The molecule has 2 heterocycles. The Kier molecular flexibility index (Phi) is 5.11. The second kappa shape index (κ2) is 7.27. The number of nitrogens with zero attached hydrogens (tertiary/aromatic N) is 6. The minimum absolute atomic E-state index is 0.106. The molecular formula is C16H21ClN6O. The van der Waals surface area contributed by atoms with E-state index >= 15 is 0 Å². The van der Waals surface area contributed by atoms with Crippen LogP contribution in [0, 0.1) is 6.92 Å². The first-order valence-corrected chi connectivity index (χ1v) is 8.45. The Bertz CT molecular complexity index is 718. The molecule has 3 rings (SSSR count). The quantitative estimate of drug-likeness (QED) is 0.823. The molecule has 24 heavy (non-hydrogen) atoms. The summed E-state index contributed by atoms with van der Waals surface area (Å²) in [6.07, 6.45) is 0.903. The van der Waals surface area contributed by atoms with Gasteiger partial charge in [-0.3, -0.25) is 9.69 Å². The van der Waals surface area contributed by atoms with Crippen LogP contribution in [0.3, 0.4) is 0 Å². The van der Waals surface area contributed by atoms with E-state index < -0.39 is 0 Å². The van der Waals surface area contributed by atoms with Crippen molar-refractivity contribution in [2.75, 3.05) is 24.5 Å². The number of benzene rings is 1. The summed E-state index contributed by atoms with van der Waals surface area (Å²) in [6.45, 7) is 6.72. The van der Waals surface area contributed by atoms with Gasteiger partial charge in [0.15, 0.2) is 0 Å². The van der Waals surface area contributed by atoms with Gasteiger partial charge in [0.05, 0.1) is 6.54 Å². The number of aryl methyl sites for hydroxylation is 2. The number of hydrogen-bond donors (Lipinski definition) is 0. The Morgan fingerprint density at radius 2 is 2.17 bits per heavy atom. The van der Waals surface area contributed by atoms with E-state index in [9.17, 15) is 4.79 Å². The van der Waals surface area contributed by atoms with E-state index in [4.69, 9.17) is 11.6 Å². The number of halogens is 1. The molecule has 0 saturated carbocycles. The van der Waals surface area contributed by atoms with Crippen molar-refractivity contribution in [3.8, 4) is 0 Å². The molecule has 1 atom stereocenters. The van der Waals surface area contributed by atoms with Crippen LogP contribution in [0.1, 0.15) is 19.2 Å². The van der Waals surface area contributed by atoms with E-state index in [1.165, 1.54) is 0 Å². The lowest BCUT2D eigenvalue weighted by Crippen LogP contribution is -2.55. The Morgan fingerprint density at radius 3 is 2.88 bits per heavy atom. The van der Waals surface area contributed by atoms with Crippen LogP contribution in [0.15, 0.2) is 24.3 Å². The highest BCUT2D eigenvalue weighted by Gasteiger charge is 2.30. The third kappa shape index (κ3) is 3.73. The van der Waals surface area contributed by atoms with Crippen LogP contribution >= 0.6 is 11.6 Å². The minimum Gasteiger partial charge on any atom is -0.310 e. The summed E-state index contributed by atoms with van der Waals surface area (Å²) in [5.74, 6) is 0.916. The standard InChI is InChI=1S/C16H21ClN6O/c1-12-10-22(15-6-3-5-14(17)9-15)16(24)11-21(12)7-4-8-23-13(2)18-19-20-23/h3,5-6,9,12H,4,7-8,10-11H2,1-2H3/t12-/m0/s1. The van der Waals surface area contributed by atoms with Gasteiger partial charge in [-0.15, -0.1) is 5.10 Å². The molecule has 1 aliphatic rings. The molecule has 2 aromatic rings. The molecule has 0 bridgehead atoms. The number of aromatic nitrogens is 4. The lowest BCUT2D eigenvalue weighted by molar-refractivity contribution is -0.122. The van der Waals surface area contributed by atoms with Crippen LogP contribution in [-0.2, 0) is 11.3 Å². The summed E-state index contributed by atoms with van der Waals surface area (Å²) in [7, 11) is 0. The average molecular weight is 349 g/mol. The topological polar surface area (TPSA) is 67.2 Å². The first kappa shape index (κ1) is 16.9. The number of carbonyl (C=O) groups excluding carboxylic acids is 1. The largest absolute Gasteiger partial charge is 0.310 e. The van der Waals surface area contributed by atoms with Crippen molar-refractivity contribution in [3.05, 3.63) is 35.1 Å². The van der Waals surface area contributed by atoms with Crippen LogP contribution in [0.5, 0.6) is 0 Å². The maximum Gasteiger partial charge on any atom is 0.241 e. The first-order chi connectivity index (χ1) is 11.5. The highest BCUT2D eigenvalue weighted by Crippen LogP contribution is 2.23. The summed E-state index contributed by atoms with van der Waals surface area (Å²) >= 11 is 6.04. The normalized spacial score (nSPS) is 19.0. The number of amides is 1. The van der Waals surface area contributed by atoms with Crippen molar-refractivity contribution in [1.82, 2.24) is 25.1 Å².